The van der Waals surface area contributed by atoms with Gasteiger partial charge in [0.2, 0.25) is 17.7 Å². The number of nitrogens with two attached hydrogens (primary N) is 1. The number of hydrogen-bond donors (Lipinski definition) is 4. The summed E-state index contributed by atoms with van der Waals surface area (Å²) in [6.07, 6.45) is 1.68. The maximum atomic E-state index is 14.1. The van der Waals surface area contributed by atoms with Gasteiger partial charge in [-0.25, -0.2) is 4.79 Å². The van der Waals surface area contributed by atoms with Crippen molar-refractivity contribution in [1.29, 1.82) is 0 Å². The maximum Gasteiger partial charge on any atom is 0.408 e. The van der Waals surface area contributed by atoms with Gasteiger partial charge in [-0.1, -0.05) is 44.9 Å². The van der Waals surface area contributed by atoms with Crippen LogP contribution in [-0.2, 0) is 19.1 Å². The summed E-state index contributed by atoms with van der Waals surface area (Å²) in [6, 6.07) is 3.66. The third-order valence-electron chi connectivity index (χ3n) is 5.97. The van der Waals surface area contributed by atoms with E-state index in [9.17, 15) is 24.3 Å². The number of phenolic OH excluding ortho intramolecular Hbond substituents is 1. The van der Waals surface area contributed by atoms with Crippen LogP contribution in [0.15, 0.2) is 24.3 Å². The second kappa shape index (κ2) is 13.9. The molecule has 0 saturated carbocycles. The van der Waals surface area contributed by atoms with Crippen molar-refractivity contribution in [3.05, 3.63) is 29.8 Å². The Morgan fingerprint density at radius 3 is 2.19 bits per heavy atom. The van der Waals surface area contributed by atoms with Crippen LogP contribution in [-0.4, -0.2) is 57.5 Å². The van der Waals surface area contributed by atoms with E-state index in [1.807, 2.05) is 13.8 Å². The quantitative estimate of drug-likeness (QED) is 0.292. The van der Waals surface area contributed by atoms with Crippen molar-refractivity contribution in [2.75, 3.05) is 6.54 Å². The standard InChI is InChI=1S/C27H44N4O6/c1-8-10-13-16-29-23(34)22(18-14-11-12-15-20(18)32)31(27(6,7)9-2)24(35)19(17-21(28)33)30-25(36)37-26(3,4)5/h11-12,14-15,19,22,32H,8-10,13,16-17H2,1-7H3,(H2,28,33)(H,29,34)(H,30,36). The lowest BCUT2D eigenvalue weighted by Crippen LogP contribution is -2.60. The lowest BCUT2D eigenvalue weighted by molar-refractivity contribution is -0.150. The van der Waals surface area contributed by atoms with Crippen molar-refractivity contribution in [2.45, 2.75) is 104 Å². The molecule has 10 nitrogen and oxygen atoms in total. The van der Waals surface area contributed by atoms with Crippen molar-refractivity contribution in [3.63, 3.8) is 0 Å². The minimum Gasteiger partial charge on any atom is -0.508 e. The van der Waals surface area contributed by atoms with Gasteiger partial charge in [0.05, 0.1) is 6.42 Å². The monoisotopic (exact) mass is 520 g/mol. The summed E-state index contributed by atoms with van der Waals surface area (Å²) in [6.45, 7) is 12.8. The molecule has 0 heterocycles. The summed E-state index contributed by atoms with van der Waals surface area (Å²) >= 11 is 0. The molecule has 10 heteroatoms. The zero-order valence-corrected chi connectivity index (χ0v) is 23.2. The van der Waals surface area contributed by atoms with Crippen LogP contribution in [0.4, 0.5) is 4.79 Å². The van der Waals surface area contributed by atoms with Gasteiger partial charge < -0.3 is 31.1 Å². The number of phenols is 1. The smallest absolute Gasteiger partial charge is 0.408 e. The van der Waals surface area contributed by atoms with Gasteiger partial charge in [-0.15, -0.1) is 0 Å². The average Bonchev–Trinajstić information content (AvgIpc) is 2.78. The van der Waals surface area contributed by atoms with Gasteiger partial charge in [0.15, 0.2) is 0 Å². The molecule has 37 heavy (non-hydrogen) atoms. The van der Waals surface area contributed by atoms with Crippen LogP contribution in [0.2, 0.25) is 0 Å². The Morgan fingerprint density at radius 1 is 1.05 bits per heavy atom. The van der Waals surface area contributed by atoms with E-state index in [2.05, 4.69) is 10.6 Å². The fourth-order valence-corrected chi connectivity index (χ4v) is 3.76. The highest BCUT2D eigenvalue weighted by Gasteiger charge is 2.44. The summed E-state index contributed by atoms with van der Waals surface area (Å²) < 4.78 is 5.29. The Hall–Kier alpha value is -3.30. The molecule has 1 aromatic carbocycles. The molecule has 208 valence electrons. The molecule has 0 radical (unpaired) electrons. The molecular formula is C27H44N4O6. The number of nitrogens with zero attached hydrogens (tertiary/aromatic N) is 1. The van der Waals surface area contributed by atoms with E-state index in [-0.39, 0.29) is 11.3 Å². The van der Waals surface area contributed by atoms with E-state index >= 15 is 0 Å². The number of para-hydroxylation sites is 1. The van der Waals surface area contributed by atoms with Crippen LogP contribution in [0.3, 0.4) is 0 Å². The third kappa shape index (κ3) is 9.93. The van der Waals surface area contributed by atoms with Crippen LogP contribution >= 0.6 is 0 Å². The van der Waals surface area contributed by atoms with Gasteiger partial charge in [0, 0.05) is 17.6 Å². The number of alkyl carbamates (subject to hydrolysis) is 1. The number of rotatable bonds is 13. The number of amides is 4. The lowest BCUT2D eigenvalue weighted by atomic mass is 9.91. The maximum absolute atomic E-state index is 14.1. The van der Waals surface area contributed by atoms with E-state index in [1.165, 1.54) is 11.0 Å². The van der Waals surface area contributed by atoms with Crippen molar-refractivity contribution < 1.29 is 29.0 Å². The topological polar surface area (TPSA) is 151 Å². The molecule has 1 rings (SSSR count). The van der Waals surface area contributed by atoms with E-state index < -0.39 is 53.5 Å². The molecule has 0 spiro atoms. The molecule has 4 amide bonds. The molecular weight excluding hydrogens is 476 g/mol. The second-order valence-electron chi connectivity index (χ2n) is 10.7. The van der Waals surface area contributed by atoms with E-state index in [0.717, 1.165) is 19.3 Å². The lowest BCUT2D eigenvalue weighted by Gasteiger charge is -2.44. The summed E-state index contributed by atoms with van der Waals surface area (Å²) in [4.78, 5) is 53.4. The van der Waals surface area contributed by atoms with E-state index in [1.54, 1.807) is 52.8 Å². The first-order valence-corrected chi connectivity index (χ1v) is 12.8. The van der Waals surface area contributed by atoms with E-state index in [0.29, 0.717) is 13.0 Å². The van der Waals surface area contributed by atoms with Crippen LogP contribution in [0, 0.1) is 0 Å². The minimum atomic E-state index is -1.39. The number of unbranched alkanes of at least 4 members (excludes halogenated alkanes) is 2. The highest BCUT2D eigenvalue weighted by Crippen LogP contribution is 2.36. The van der Waals surface area contributed by atoms with E-state index in [4.69, 9.17) is 10.5 Å². The van der Waals surface area contributed by atoms with Crippen LogP contribution < -0.4 is 16.4 Å². The molecule has 2 atom stereocenters. The van der Waals surface area contributed by atoms with Crippen molar-refractivity contribution in [2.24, 2.45) is 5.73 Å². The van der Waals surface area contributed by atoms with Gasteiger partial charge in [0.1, 0.15) is 23.4 Å². The van der Waals surface area contributed by atoms with Crippen molar-refractivity contribution in [1.82, 2.24) is 15.5 Å². The second-order valence-corrected chi connectivity index (χ2v) is 10.7. The van der Waals surface area contributed by atoms with Gasteiger partial charge in [0.25, 0.3) is 0 Å². The highest BCUT2D eigenvalue weighted by molar-refractivity contribution is 5.95. The SMILES string of the molecule is CCCCCNC(=O)C(c1ccccc1O)N(C(=O)C(CC(N)=O)NC(=O)OC(C)(C)C)C(C)(C)CC. The largest absolute Gasteiger partial charge is 0.508 e. The normalized spacial score (nSPS) is 13.3. The number of carbonyl (C=O) groups excluding carboxylic acids is 4. The molecule has 0 aliphatic heterocycles. The van der Waals surface area contributed by atoms with Gasteiger partial charge >= 0.3 is 6.09 Å². The molecule has 0 fully saturated rings. The molecule has 0 bridgehead atoms. The number of hydrogen-bond acceptors (Lipinski definition) is 6. The Bertz CT molecular complexity index is 941. The fourth-order valence-electron chi connectivity index (χ4n) is 3.76. The first-order chi connectivity index (χ1) is 17.1. The van der Waals surface area contributed by atoms with Gasteiger partial charge in [-0.3, -0.25) is 14.4 Å². The molecule has 0 saturated heterocycles. The number of primary amides is 1. The Morgan fingerprint density at radius 2 is 1.68 bits per heavy atom. The van der Waals surface area contributed by atoms with Crippen molar-refractivity contribution >= 4 is 23.8 Å². The molecule has 0 aliphatic carbocycles. The van der Waals surface area contributed by atoms with Crippen molar-refractivity contribution in [3.8, 4) is 5.75 Å². The number of benzene rings is 1. The number of carbonyl (C=O) groups is 4. The predicted octanol–water partition coefficient (Wildman–Crippen LogP) is 3.53. The van der Waals surface area contributed by atoms with Crippen LogP contribution in [0.5, 0.6) is 5.75 Å². The molecule has 0 aliphatic rings. The highest BCUT2D eigenvalue weighted by atomic mass is 16.6. The van der Waals surface area contributed by atoms with Gasteiger partial charge in [-0.2, -0.15) is 0 Å². The summed E-state index contributed by atoms with van der Waals surface area (Å²) in [5.74, 6) is -2.16. The average molecular weight is 521 g/mol. The fraction of sp³-hybridized carbons (Fsp3) is 0.630. The first-order valence-electron chi connectivity index (χ1n) is 12.8. The number of aromatic hydroxyl groups is 1. The Balaban J connectivity index is 3.59. The van der Waals surface area contributed by atoms with Crippen LogP contribution in [0.1, 0.15) is 92.2 Å². The number of nitrogens with one attached hydrogen (secondary N) is 2. The third-order valence-corrected chi connectivity index (χ3v) is 5.97. The summed E-state index contributed by atoms with van der Waals surface area (Å²) in [5, 5.41) is 16.0. The molecule has 1 aromatic rings. The van der Waals surface area contributed by atoms with Crippen LogP contribution in [0.25, 0.3) is 0 Å². The first kappa shape index (κ1) is 31.7. The Kier molecular flexibility index (Phi) is 11.9. The molecule has 0 aromatic heterocycles. The number of ether oxygens (including phenoxy) is 1. The Labute approximate surface area is 220 Å². The zero-order valence-electron chi connectivity index (χ0n) is 23.2. The van der Waals surface area contributed by atoms with Gasteiger partial charge in [-0.05, 0) is 53.5 Å². The minimum absolute atomic E-state index is 0.160. The molecule has 5 N–H and O–H groups in total. The predicted molar refractivity (Wildman–Crippen MR) is 142 cm³/mol. The summed E-state index contributed by atoms with van der Waals surface area (Å²) in [5.41, 5.74) is 3.88. The molecule has 2 unspecified atom stereocenters. The summed E-state index contributed by atoms with van der Waals surface area (Å²) in [7, 11) is 0. The zero-order chi connectivity index (χ0) is 28.4.